The van der Waals surface area contributed by atoms with Crippen molar-refractivity contribution in [2.24, 2.45) is 0 Å². The molecule has 2 aromatic carbocycles. The number of aromatic carboxylic acids is 1. The van der Waals surface area contributed by atoms with Gasteiger partial charge in [0.1, 0.15) is 21.2 Å². The van der Waals surface area contributed by atoms with Crippen molar-refractivity contribution in [3.8, 4) is 11.5 Å². The van der Waals surface area contributed by atoms with Gasteiger partial charge in [0.25, 0.3) is 5.69 Å². The van der Waals surface area contributed by atoms with Gasteiger partial charge in [-0.1, -0.05) is 6.92 Å². The van der Waals surface area contributed by atoms with Gasteiger partial charge in [-0.15, -0.1) is 0 Å². The Morgan fingerprint density at radius 2 is 1.86 bits per heavy atom. The molecular weight excluding hydrogens is 533 g/mol. The highest BCUT2D eigenvalue weighted by Crippen LogP contribution is 2.39. The van der Waals surface area contributed by atoms with E-state index in [4.69, 9.17) is 4.74 Å². The summed E-state index contributed by atoms with van der Waals surface area (Å²) in [6, 6.07) is 1.78. The third-order valence-electron chi connectivity index (χ3n) is 4.89. The Kier molecular flexibility index (Phi) is 9.39. The van der Waals surface area contributed by atoms with Gasteiger partial charge < -0.3 is 14.4 Å². The lowest BCUT2D eigenvalue weighted by Crippen LogP contribution is -2.29. The number of carboxylic acid groups (broad SMARTS) is 1. The van der Waals surface area contributed by atoms with Crippen molar-refractivity contribution in [3.05, 3.63) is 56.9 Å². The van der Waals surface area contributed by atoms with E-state index in [1.807, 2.05) is 0 Å². The first-order valence-electron chi connectivity index (χ1n) is 10.2. The van der Waals surface area contributed by atoms with Crippen molar-refractivity contribution >= 4 is 38.4 Å². The highest BCUT2D eigenvalue weighted by molar-refractivity contribution is 7.91. The molecule has 0 saturated carbocycles. The number of carbonyl (C=O) groups is 1. The quantitative estimate of drug-likeness (QED) is 0.179. The third kappa shape index (κ3) is 6.50. The molecule has 0 aliphatic rings. The number of nitro groups is 1. The second-order valence-corrected chi connectivity index (χ2v) is 10.6. The number of rotatable bonds is 12. The van der Waals surface area contributed by atoms with Gasteiger partial charge in [0.05, 0.1) is 16.4 Å². The van der Waals surface area contributed by atoms with E-state index in [1.165, 1.54) is 0 Å². The van der Waals surface area contributed by atoms with E-state index < -0.39 is 95.7 Å². The molecule has 16 heteroatoms. The number of anilines is 1. The molecule has 0 saturated heterocycles. The molecule has 198 valence electrons. The topological polar surface area (TPSA) is 167 Å². The van der Waals surface area contributed by atoms with Crippen LogP contribution < -0.4 is 9.04 Å². The van der Waals surface area contributed by atoms with Gasteiger partial charge in [-0.3, -0.25) is 18.6 Å². The van der Waals surface area contributed by atoms with E-state index in [-0.39, 0.29) is 22.5 Å². The molecule has 1 N–H and O–H groups in total. The monoisotopic (exact) mass is 553 g/mol. The van der Waals surface area contributed by atoms with Gasteiger partial charge in [-0.2, -0.15) is 4.39 Å². The zero-order chi connectivity index (χ0) is 27.4. The molecule has 2 rings (SSSR count). The molecule has 1 atom stereocenters. The number of ether oxygens (including phenoxy) is 1. The highest BCUT2D eigenvalue weighted by Gasteiger charge is 2.29. The van der Waals surface area contributed by atoms with Gasteiger partial charge in [-0.25, -0.2) is 22.0 Å². The molecule has 1 unspecified atom stereocenters. The van der Waals surface area contributed by atoms with Crippen LogP contribution in [0.4, 0.5) is 24.5 Å². The van der Waals surface area contributed by atoms with Crippen molar-refractivity contribution in [2.45, 2.75) is 26.7 Å². The standard InChI is InChI=1S/C20H21F3N2O9S2/c1-3-8-36(32,33)9-4-7-24(35(30)31)14-10-12(21)17(22)19(18(14)23)34-15-6-5-13(25(28)29)16(11(15)2)20(26)27/h5-6,10H,3-4,7-9H2,1-2H3,(H,26,27)(H,30,31)/p-1. The van der Waals surface area contributed by atoms with Crippen LogP contribution in [-0.4, -0.2) is 51.2 Å². The lowest BCUT2D eigenvalue weighted by molar-refractivity contribution is -0.385. The van der Waals surface area contributed by atoms with Crippen LogP contribution in [0.3, 0.4) is 0 Å². The summed E-state index contributed by atoms with van der Waals surface area (Å²) < 4.78 is 96.4. The number of hydrogen-bond donors (Lipinski definition) is 1. The van der Waals surface area contributed by atoms with Gasteiger partial charge in [0, 0.05) is 41.3 Å². The predicted octanol–water partition coefficient (Wildman–Crippen LogP) is 3.63. The van der Waals surface area contributed by atoms with Crippen LogP contribution >= 0.6 is 0 Å². The first kappa shape index (κ1) is 29.0. The summed E-state index contributed by atoms with van der Waals surface area (Å²) in [5, 5.41) is 20.4. The SMILES string of the molecule is CCCS(=O)(=O)CCCN(c1cc(F)c(F)c(Oc2ccc([N+](=O)[O-])c(C(=O)O)c2C)c1F)S(=O)[O-]. The zero-order valence-electron chi connectivity index (χ0n) is 18.8. The lowest BCUT2D eigenvalue weighted by atomic mass is 10.1. The smallest absolute Gasteiger partial charge is 0.343 e. The number of nitro benzene ring substituents is 1. The molecule has 36 heavy (non-hydrogen) atoms. The van der Waals surface area contributed by atoms with Crippen LogP contribution in [0.25, 0.3) is 0 Å². The lowest BCUT2D eigenvalue weighted by Gasteiger charge is -2.27. The van der Waals surface area contributed by atoms with Crippen molar-refractivity contribution in [3.63, 3.8) is 0 Å². The van der Waals surface area contributed by atoms with Gasteiger partial charge in [-0.05, 0) is 25.8 Å². The summed E-state index contributed by atoms with van der Waals surface area (Å²) in [7, 11) is -3.51. The third-order valence-corrected chi connectivity index (χ3v) is 7.57. The highest BCUT2D eigenvalue weighted by atomic mass is 32.2. The maximum atomic E-state index is 15.2. The Labute approximate surface area is 206 Å². The molecule has 0 aromatic heterocycles. The van der Waals surface area contributed by atoms with Crippen molar-refractivity contribution in [1.82, 2.24) is 0 Å². The van der Waals surface area contributed by atoms with Crippen molar-refractivity contribution < 1.29 is 49.9 Å². The summed E-state index contributed by atoms with van der Waals surface area (Å²) in [5.74, 6) is -9.65. The summed E-state index contributed by atoms with van der Waals surface area (Å²) in [4.78, 5) is 21.6. The fraction of sp³-hybridized carbons (Fsp3) is 0.350. The maximum absolute atomic E-state index is 15.2. The Morgan fingerprint density at radius 1 is 1.22 bits per heavy atom. The molecule has 0 bridgehead atoms. The fourth-order valence-electron chi connectivity index (χ4n) is 3.28. The van der Waals surface area contributed by atoms with Crippen LogP contribution in [0, 0.1) is 34.5 Å². The van der Waals surface area contributed by atoms with Crippen LogP contribution in [0.2, 0.25) is 0 Å². The van der Waals surface area contributed by atoms with E-state index in [9.17, 15) is 46.0 Å². The van der Waals surface area contributed by atoms with Crippen molar-refractivity contribution in [2.75, 3.05) is 22.4 Å². The van der Waals surface area contributed by atoms with Crippen LogP contribution in [0.1, 0.15) is 35.7 Å². The molecular formula is C20H20F3N2O9S2-. The molecule has 2 aromatic rings. The van der Waals surface area contributed by atoms with Gasteiger partial charge in [0.15, 0.2) is 11.6 Å². The first-order chi connectivity index (χ1) is 16.7. The Balaban J connectivity index is 2.52. The predicted molar refractivity (Wildman–Crippen MR) is 121 cm³/mol. The minimum absolute atomic E-state index is 0.155. The van der Waals surface area contributed by atoms with Gasteiger partial charge >= 0.3 is 5.97 Å². The Hall–Kier alpha value is -3.24. The van der Waals surface area contributed by atoms with Crippen LogP contribution in [0.5, 0.6) is 11.5 Å². The number of benzene rings is 2. The van der Waals surface area contributed by atoms with Crippen molar-refractivity contribution in [1.29, 1.82) is 0 Å². The molecule has 0 aliphatic carbocycles. The van der Waals surface area contributed by atoms with E-state index >= 15 is 4.39 Å². The molecule has 0 radical (unpaired) electrons. The molecule has 0 heterocycles. The minimum Gasteiger partial charge on any atom is -0.755 e. The van der Waals surface area contributed by atoms with E-state index in [2.05, 4.69) is 0 Å². The number of halogens is 3. The van der Waals surface area contributed by atoms with Crippen LogP contribution in [0.15, 0.2) is 18.2 Å². The maximum Gasteiger partial charge on any atom is 0.343 e. The van der Waals surface area contributed by atoms with E-state index in [0.29, 0.717) is 12.5 Å². The minimum atomic E-state index is -3.51. The average molecular weight is 554 g/mol. The van der Waals surface area contributed by atoms with E-state index in [0.717, 1.165) is 13.0 Å². The van der Waals surface area contributed by atoms with Crippen LogP contribution in [-0.2, 0) is 21.1 Å². The Morgan fingerprint density at radius 3 is 2.39 bits per heavy atom. The molecule has 11 nitrogen and oxygen atoms in total. The average Bonchev–Trinajstić information content (AvgIpc) is 2.77. The molecule has 0 amide bonds. The summed E-state index contributed by atoms with van der Waals surface area (Å²) in [6.45, 7) is 2.08. The largest absolute Gasteiger partial charge is 0.755 e. The Bertz CT molecular complexity index is 1320. The molecule has 0 aliphatic heterocycles. The molecule has 0 spiro atoms. The number of sulfone groups is 1. The molecule has 0 fully saturated rings. The second-order valence-electron chi connectivity index (χ2n) is 7.41. The number of carboxylic acids is 1. The fourth-order valence-corrected chi connectivity index (χ4v) is 5.24. The normalized spacial score (nSPS) is 12.3. The van der Waals surface area contributed by atoms with Gasteiger partial charge in [0.2, 0.25) is 11.6 Å². The summed E-state index contributed by atoms with van der Waals surface area (Å²) >= 11 is -3.24. The second kappa shape index (κ2) is 11.7. The first-order valence-corrected chi connectivity index (χ1v) is 13.0. The summed E-state index contributed by atoms with van der Waals surface area (Å²) in [5.41, 5.74) is -3.08. The zero-order valence-corrected chi connectivity index (χ0v) is 20.5. The van der Waals surface area contributed by atoms with E-state index in [1.54, 1.807) is 6.92 Å². The number of nitrogens with zero attached hydrogens (tertiary/aromatic N) is 2. The summed E-state index contributed by atoms with van der Waals surface area (Å²) in [6.07, 6.45) is 0.0397. The number of hydrogen-bond acceptors (Lipinski definition) is 8.